The smallest absolute Gasteiger partial charge is 0.0865 e. The normalized spacial score (nSPS) is 32.0. The monoisotopic (exact) mass is 298 g/mol. The van der Waals surface area contributed by atoms with Crippen LogP contribution in [0.3, 0.4) is 0 Å². The third kappa shape index (κ3) is 4.00. The Morgan fingerprint density at radius 3 is 2.24 bits per heavy atom. The maximum Gasteiger partial charge on any atom is 0.0865 e. The number of aliphatic hydroxyl groups is 1. The summed E-state index contributed by atoms with van der Waals surface area (Å²) in [5.74, 6) is 0.652. The van der Waals surface area contributed by atoms with Crippen molar-refractivity contribution in [3.63, 3.8) is 0 Å². The van der Waals surface area contributed by atoms with Crippen molar-refractivity contribution in [2.45, 2.75) is 96.6 Å². The molecule has 3 nitrogen and oxygen atoms in total. The summed E-state index contributed by atoms with van der Waals surface area (Å²) in [6, 6.07) is 0. The summed E-state index contributed by atoms with van der Waals surface area (Å²) in [4.78, 5) is 0. The summed E-state index contributed by atoms with van der Waals surface area (Å²) in [6.45, 7) is 11.2. The van der Waals surface area contributed by atoms with E-state index in [0.717, 1.165) is 6.42 Å². The summed E-state index contributed by atoms with van der Waals surface area (Å²) < 4.78 is 12.2. The molecule has 1 saturated carbocycles. The Morgan fingerprint density at radius 2 is 1.76 bits per heavy atom. The van der Waals surface area contributed by atoms with Crippen LogP contribution in [0.1, 0.15) is 73.1 Å². The molecule has 2 rings (SSSR count). The van der Waals surface area contributed by atoms with Crippen LogP contribution in [0.25, 0.3) is 0 Å². The van der Waals surface area contributed by atoms with Crippen molar-refractivity contribution < 1.29 is 14.6 Å². The topological polar surface area (TPSA) is 38.7 Å². The van der Waals surface area contributed by atoms with Crippen molar-refractivity contribution in [3.05, 3.63) is 0 Å². The SMILES string of the molecule is CCOC(C1CCCCC1)C(O)C1CC(C)(C)OC1(C)C. The van der Waals surface area contributed by atoms with Gasteiger partial charge in [-0.25, -0.2) is 0 Å². The van der Waals surface area contributed by atoms with Crippen LogP contribution in [0.4, 0.5) is 0 Å². The second-order valence-electron chi connectivity index (χ2n) is 8.08. The molecule has 1 saturated heterocycles. The van der Waals surface area contributed by atoms with Crippen LogP contribution in [0.2, 0.25) is 0 Å². The molecule has 0 aromatic carbocycles. The van der Waals surface area contributed by atoms with Gasteiger partial charge in [0.15, 0.2) is 0 Å². The molecule has 0 radical (unpaired) electrons. The highest BCUT2D eigenvalue weighted by molar-refractivity contribution is 5.00. The lowest BCUT2D eigenvalue weighted by Gasteiger charge is -2.38. The van der Waals surface area contributed by atoms with E-state index in [4.69, 9.17) is 9.47 Å². The molecule has 0 bridgehead atoms. The molecule has 2 aliphatic rings. The van der Waals surface area contributed by atoms with Crippen molar-refractivity contribution in [2.75, 3.05) is 6.61 Å². The standard InChI is InChI=1S/C18H34O3/c1-6-20-16(13-10-8-7-9-11-13)15(19)14-12-17(2,3)21-18(14,4)5/h13-16,19H,6-12H2,1-5H3. The molecule has 1 aliphatic carbocycles. The Bertz CT molecular complexity index is 331. The molecule has 3 heteroatoms. The van der Waals surface area contributed by atoms with E-state index in [0.29, 0.717) is 12.5 Å². The first-order chi connectivity index (χ1) is 9.77. The summed E-state index contributed by atoms with van der Waals surface area (Å²) in [5.41, 5.74) is -0.439. The average Bonchev–Trinajstić information content (AvgIpc) is 2.64. The molecule has 3 unspecified atom stereocenters. The van der Waals surface area contributed by atoms with E-state index in [9.17, 15) is 5.11 Å². The molecular weight excluding hydrogens is 264 g/mol. The van der Waals surface area contributed by atoms with Crippen molar-refractivity contribution >= 4 is 0 Å². The minimum atomic E-state index is -0.426. The molecular formula is C18H34O3. The van der Waals surface area contributed by atoms with Crippen LogP contribution in [0.15, 0.2) is 0 Å². The van der Waals surface area contributed by atoms with E-state index >= 15 is 0 Å². The molecule has 0 spiro atoms. The van der Waals surface area contributed by atoms with Gasteiger partial charge in [-0.3, -0.25) is 0 Å². The van der Waals surface area contributed by atoms with Gasteiger partial charge < -0.3 is 14.6 Å². The van der Waals surface area contributed by atoms with Crippen LogP contribution in [0, 0.1) is 11.8 Å². The quantitative estimate of drug-likeness (QED) is 0.836. The second-order valence-corrected chi connectivity index (χ2v) is 8.08. The van der Waals surface area contributed by atoms with Crippen LogP contribution in [-0.2, 0) is 9.47 Å². The van der Waals surface area contributed by atoms with Gasteiger partial charge in [0.05, 0.1) is 23.4 Å². The summed E-state index contributed by atoms with van der Waals surface area (Å²) >= 11 is 0. The zero-order chi connectivity index (χ0) is 15.7. The van der Waals surface area contributed by atoms with Gasteiger partial charge in [0.1, 0.15) is 0 Å². The molecule has 1 aliphatic heterocycles. The van der Waals surface area contributed by atoms with E-state index < -0.39 is 6.10 Å². The number of rotatable bonds is 5. The number of ether oxygens (including phenoxy) is 2. The van der Waals surface area contributed by atoms with Crippen LogP contribution in [0.5, 0.6) is 0 Å². The predicted octanol–water partition coefficient (Wildman–Crippen LogP) is 3.93. The maximum absolute atomic E-state index is 11.1. The third-order valence-electron chi connectivity index (χ3n) is 5.37. The van der Waals surface area contributed by atoms with Gasteiger partial charge in [0.2, 0.25) is 0 Å². The zero-order valence-corrected chi connectivity index (χ0v) is 14.5. The van der Waals surface area contributed by atoms with Crippen LogP contribution < -0.4 is 0 Å². The van der Waals surface area contributed by atoms with Crippen LogP contribution >= 0.6 is 0 Å². The fourth-order valence-electron chi connectivity index (χ4n) is 4.53. The fourth-order valence-corrected chi connectivity index (χ4v) is 4.53. The number of hydrogen-bond acceptors (Lipinski definition) is 3. The predicted molar refractivity (Wildman–Crippen MR) is 85.3 cm³/mol. The molecule has 0 amide bonds. The van der Waals surface area contributed by atoms with Crippen molar-refractivity contribution in [3.8, 4) is 0 Å². The largest absolute Gasteiger partial charge is 0.390 e. The third-order valence-corrected chi connectivity index (χ3v) is 5.37. The molecule has 1 heterocycles. The fraction of sp³-hybridized carbons (Fsp3) is 1.00. The Kier molecular flexibility index (Phi) is 5.38. The highest BCUT2D eigenvalue weighted by atomic mass is 16.5. The van der Waals surface area contributed by atoms with Crippen molar-refractivity contribution in [1.82, 2.24) is 0 Å². The highest BCUT2D eigenvalue weighted by Crippen LogP contribution is 2.45. The van der Waals surface area contributed by atoms with Gasteiger partial charge in [-0.15, -0.1) is 0 Å². The lowest BCUT2D eigenvalue weighted by molar-refractivity contribution is -0.129. The highest BCUT2D eigenvalue weighted by Gasteiger charge is 2.51. The van der Waals surface area contributed by atoms with E-state index in [1.54, 1.807) is 0 Å². The summed E-state index contributed by atoms with van der Waals surface area (Å²) in [5, 5.41) is 11.1. The van der Waals surface area contributed by atoms with Gasteiger partial charge >= 0.3 is 0 Å². The lowest BCUT2D eigenvalue weighted by atomic mass is 9.75. The molecule has 124 valence electrons. The van der Waals surface area contributed by atoms with E-state index in [2.05, 4.69) is 27.7 Å². The number of hydrogen-bond donors (Lipinski definition) is 1. The van der Waals surface area contributed by atoms with Gasteiger partial charge in [0.25, 0.3) is 0 Å². The molecule has 1 N–H and O–H groups in total. The molecule has 21 heavy (non-hydrogen) atoms. The van der Waals surface area contributed by atoms with Crippen molar-refractivity contribution in [2.24, 2.45) is 11.8 Å². The van der Waals surface area contributed by atoms with Crippen molar-refractivity contribution in [1.29, 1.82) is 0 Å². The van der Waals surface area contributed by atoms with Gasteiger partial charge in [-0.1, -0.05) is 19.3 Å². The maximum atomic E-state index is 11.1. The zero-order valence-electron chi connectivity index (χ0n) is 14.5. The first kappa shape index (κ1) is 17.2. The van der Waals surface area contributed by atoms with E-state index in [-0.39, 0.29) is 23.2 Å². The Labute approximate surface area is 130 Å². The molecule has 0 aromatic rings. The molecule has 2 fully saturated rings. The van der Waals surface area contributed by atoms with Gasteiger partial charge in [0, 0.05) is 12.5 Å². The average molecular weight is 298 g/mol. The Balaban J connectivity index is 2.12. The van der Waals surface area contributed by atoms with Crippen LogP contribution in [-0.4, -0.2) is 35.1 Å². The summed E-state index contributed by atoms with van der Waals surface area (Å²) in [7, 11) is 0. The second kappa shape index (κ2) is 6.55. The van der Waals surface area contributed by atoms with E-state index in [1.165, 1.54) is 32.1 Å². The minimum Gasteiger partial charge on any atom is -0.390 e. The minimum absolute atomic E-state index is 0.0305. The Morgan fingerprint density at radius 1 is 1.14 bits per heavy atom. The first-order valence-corrected chi connectivity index (χ1v) is 8.76. The van der Waals surface area contributed by atoms with Gasteiger partial charge in [-0.2, -0.15) is 0 Å². The molecule has 3 atom stereocenters. The molecule has 0 aromatic heterocycles. The van der Waals surface area contributed by atoms with Gasteiger partial charge in [-0.05, 0) is 59.8 Å². The first-order valence-electron chi connectivity index (χ1n) is 8.76. The Hall–Kier alpha value is -0.120. The lowest BCUT2D eigenvalue weighted by Crippen LogP contribution is -2.47. The van der Waals surface area contributed by atoms with E-state index in [1.807, 2.05) is 6.92 Å². The number of aliphatic hydroxyl groups excluding tert-OH is 1. The summed E-state index contributed by atoms with van der Waals surface area (Å²) in [6.07, 6.45) is 6.71.